The second-order valence-corrected chi connectivity index (χ2v) is 6.89. The van der Waals surface area contributed by atoms with Crippen LogP contribution < -0.4 is 14.2 Å². The van der Waals surface area contributed by atoms with Gasteiger partial charge in [0, 0.05) is 25.8 Å². The normalized spacial score (nSPS) is 16.6. The maximum absolute atomic E-state index is 11.3. The second-order valence-electron chi connectivity index (χ2n) is 6.89. The first-order valence-corrected chi connectivity index (χ1v) is 9.78. The highest BCUT2D eigenvalue weighted by Crippen LogP contribution is 2.38. The minimum atomic E-state index is -0.994. The molecule has 7 heteroatoms. The van der Waals surface area contributed by atoms with Gasteiger partial charge in [-0.15, -0.1) is 0 Å². The van der Waals surface area contributed by atoms with Crippen LogP contribution >= 0.6 is 0 Å². The Balaban J connectivity index is 1.68. The van der Waals surface area contributed by atoms with Crippen molar-refractivity contribution < 1.29 is 19.3 Å². The van der Waals surface area contributed by atoms with E-state index in [4.69, 9.17) is 14.2 Å². The average Bonchev–Trinajstić information content (AvgIpc) is 2.71. The summed E-state index contributed by atoms with van der Waals surface area (Å²) in [6.45, 7) is 7.13. The van der Waals surface area contributed by atoms with Crippen LogP contribution in [0.15, 0.2) is 30.5 Å². The molecule has 2 heterocycles. The highest BCUT2D eigenvalue weighted by atomic mass is 16.5. The maximum atomic E-state index is 11.3. The van der Waals surface area contributed by atoms with Crippen molar-refractivity contribution in [2.75, 3.05) is 33.4 Å². The van der Waals surface area contributed by atoms with Crippen LogP contribution in [0, 0.1) is 0 Å². The minimum absolute atomic E-state index is 0.273. The number of aliphatic hydroxyl groups is 1. The third kappa shape index (κ3) is 4.72. The van der Waals surface area contributed by atoms with Crippen molar-refractivity contribution in [1.82, 2.24) is 14.9 Å². The van der Waals surface area contributed by atoms with Crippen molar-refractivity contribution in [3.8, 4) is 17.6 Å². The summed E-state index contributed by atoms with van der Waals surface area (Å²) in [7, 11) is 1.67. The van der Waals surface area contributed by atoms with E-state index in [-0.39, 0.29) is 6.01 Å². The van der Waals surface area contributed by atoms with Gasteiger partial charge in [0.05, 0.1) is 31.5 Å². The van der Waals surface area contributed by atoms with E-state index in [1.807, 2.05) is 26.0 Å². The van der Waals surface area contributed by atoms with Crippen molar-refractivity contribution in [1.29, 1.82) is 0 Å². The number of ether oxygens (including phenoxy) is 3. The summed E-state index contributed by atoms with van der Waals surface area (Å²) >= 11 is 0. The Morgan fingerprint density at radius 3 is 2.36 bits per heavy atom. The Labute approximate surface area is 166 Å². The summed E-state index contributed by atoms with van der Waals surface area (Å²) in [5, 5.41) is 11.3. The second kappa shape index (κ2) is 9.21. The Morgan fingerprint density at radius 1 is 1.07 bits per heavy atom. The summed E-state index contributed by atoms with van der Waals surface area (Å²) in [5.41, 5.74) is 0.874. The third-order valence-electron chi connectivity index (χ3n) is 5.04. The van der Waals surface area contributed by atoms with E-state index in [0.29, 0.717) is 37.5 Å². The van der Waals surface area contributed by atoms with Gasteiger partial charge in [0.15, 0.2) is 0 Å². The number of hydrogen-bond donors (Lipinski definition) is 1. The van der Waals surface area contributed by atoms with Gasteiger partial charge in [-0.1, -0.05) is 12.1 Å². The monoisotopic (exact) mass is 387 g/mol. The number of likely N-dealkylation sites (tertiary alicyclic amines) is 1. The summed E-state index contributed by atoms with van der Waals surface area (Å²) in [5.74, 6) is 1.27. The molecule has 1 N–H and O–H groups in total. The standard InChI is InChI=1S/C21H29N3O4/c1-4-27-19-18(14-22-20(23-19)28-5-2)21(25)10-12-24(13-11-21)15-16-6-8-17(26-3)9-7-16/h6-9,14,25H,4-5,10-13,15H2,1-3H3. The zero-order valence-corrected chi connectivity index (χ0v) is 16.9. The molecule has 0 spiro atoms. The zero-order chi connectivity index (χ0) is 20.0. The molecule has 2 aromatic rings. The van der Waals surface area contributed by atoms with Gasteiger partial charge in [-0.3, -0.25) is 4.90 Å². The molecule has 1 aliphatic rings. The van der Waals surface area contributed by atoms with Crippen LogP contribution in [0.2, 0.25) is 0 Å². The molecule has 28 heavy (non-hydrogen) atoms. The van der Waals surface area contributed by atoms with Crippen LogP contribution in [0.4, 0.5) is 0 Å². The lowest BCUT2D eigenvalue weighted by atomic mass is 9.85. The van der Waals surface area contributed by atoms with E-state index < -0.39 is 5.60 Å². The summed E-state index contributed by atoms with van der Waals surface area (Å²) < 4.78 is 16.2. The number of nitrogens with zero attached hydrogens (tertiary/aromatic N) is 3. The molecule has 0 aliphatic carbocycles. The van der Waals surface area contributed by atoms with Crippen molar-refractivity contribution in [2.24, 2.45) is 0 Å². The fraction of sp³-hybridized carbons (Fsp3) is 0.524. The van der Waals surface area contributed by atoms with Gasteiger partial charge in [-0.25, -0.2) is 4.98 Å². The molecule has 1 aromatic carbocycles. The number of hydrogen-bond acceptors (Lipinski definition) is 7. The zero-order valence-electron chi connectivity index (χ0n) is 16.9. The first-order chi connectivity index (χ1) is 13.6. The van der Waals surface area contributed by atoms with Gasteiger partial charge in [0.25, 0.3) is 0 Å². The van der Waals surface area contributed by atoms with E-state index >= 15 is 0 Å². The van der Waals surface area contributed by atoms with E-state index in [2.05, 4.69) is 27.0 Å². The van der Waals surface area contributed by atoms with Gasteiger partial charge < -0.3 is 19.3 Å². The fourth-order valence-electron chi connectivity index (χ4n) is 3.46. The Kier molecular flexibility index (Phi) is 6.70. The van der Waals surface area contributed by atoms with E-state index in [1.165, 1.54) is 5.56 Å². The van der Waals surface area contributed by atoms with E-state index in [0.717, 1.165) is 25.4 Å². The van der Waals surface area contributed by atoms with Crippen molar-refractivity contribution in [3.05, 3.63) is 41.6 Å². The van der Waals surface area contributed by atoms with E-state index in [1.54, 1.807) is 13.3 Å². The molecule has 1 saturated heterocycles. The van der Waals surface area contributed by atoms with Crippen LogP contribution in [-0.4, -0.2) is 53.4 Å². The van der Waals surface area contributed by atoms with Crippen molar-refractivity contribution in [3.63, 3.8) is 0 Å². The van der Waals surface area contributed by atoms with E-state index in [9.17, 15) is 5.11 Å². The average molecular weight is 387 g/mol. The molecule has 0 unspecified atom stereocenters. The number of aromatic nitrogens is 2. The highest BCUT2D eigenvalue weighted by molar-refractivity contribution is 5.32. The lowest BCUT2D eigenvalue weighted by Gasteiger charge is -2.38. The number of rotatable bonds is 8. The number of piperidine rings is 1. The Hall–Kier alpha value is -2.38. The maximum Gasteiger partial charge on any atom is 0.319 e. The molecule has 0 radical (unpaired) electrons. The van der Waals surface area contributed by atoms with Crippen LogP contribution in [0.3, 0.4) is 0 Å². The quantitative estimate of drug-likeness (QED) is 0.746. The minimum Gasteiger partial charge on any atom is -0.497 e. The first kappa shape index (κ1) is 20.4. The molecule has 152 valence electrons. The third-order valence-corrected chi connectivity index (χ3v) is 5.04. The number of benzene rings is 1. The molecule has 0 bridgehead atoms. The predicted molar refractivity (Wildman–Crippen MR) is 106 cm³/mol. The lowest BCUT2D eigenvalue weighted by Crippen LogP contribution is -2.42. The molecule has 7 nitrogen and oxygen atoms in total. The molecule has 0 atom stereocenters. The summed E-state index contributed by atoms with van der Waals surface area (Å²) in [6.07, 6.45) is 2.84. The Morgan fingerprint density at radius 2 is 1.75 bits per heavy atom. The van der Waals surface area contributed by atoms with Crippen molar-refractivity contribution >= 4 is 0 Å². The van der Waals surface area contributed by atoms with Gasteiger partial charge >= 0.3 is 6.01 Å². The summed E-state index contributed by atoms with van der Waals surface area (Å²) in [6, 6.07) is 8.37. The summed E-state index contributed by atoms with van der Waals surface area (Å²) in [4.78, 5) is 10.9. The molecule has 1 aliphatic heterocycles. The van der Waals surface area contributed by atoms with Gasteiger partial charge in [0.2, 0.25) is 5.88 Å². The molecular weight excluding hydrogens is 358 g/mol. The molecule has 0 saturated carbocycles. The van der Waals surface area contributed by atoms with Gasteiger partial charge in [0.1, 0.15) is 5.75 Å². The molecule has 3 rings (SSSR count). The molecule has 1 fully saturated rings. The molecule has 1 aromatic heterocycles. The van der Waals surface area contributed by atoms with Crippen LogP contribution in [0.5, 0.6) is 17.6 Å². The van der Waals surface area contributed by atoms with Gasteiger partial charge in [-0.2, -0.15) is 4.98 Å². The first-order valence-electron chi connectivity index (χ1n) is 9.78. The SMILES string of the molecule is CCOc1ncc(C2(O)CCN(Cc3ccc(OC)cc3)CC2)c(OCC)n1. The lowest BCUT2D eigenvalue weighted by molar-refractivity contribution is -0.0303. The fourth-order valence-corrected chi connectivity index (χ4v) is 3.46. The van der Waals surface area contributed by atoms with Crippen LogP contribution in [0.1, 0.15) is 37.8 Å². The largest absolute Gasteiger partial charge is 0.497 e. The predicted octanol–water partition coefficient (Wildman–Crippen LogP) is 2.77. The van der Waals surface area contributed by atoms with Crippen LogP contribution in [-0.2, 0) is 12.1 Å². The topological polar surface area (TPSA) is 76.9 Å². The molecule has 0 amide bonds. The van der Waals surface area contributed by atoms with Crippen LogP contribution in [0.25, 0.3) is 0 Å². The van der Waals surface area contributed by atoms with Gasteiger partial charge in [-0.05, 0) is 44.4 Å². The smallest absolute Gasteiger partial charge is 0.319 e. The highest BCUT2D eigenvalue weighted by Gasteiger charge is 2.37. The van der Waals surface area contributed by atoms with Crippen molar-refractivity contribution in [2.45, 2.75) is 38.8 Å². The Bertz CT molecular complexity index is 759. The number of methoxy groups -OCH3 is 1. The molecular formula is C21H29N3O4.